The van der Waals surface area contributed by atoms with Crippen LogP contribution < -0.4 is 0 Å². The number of hydrogen-bond donors (Lipinski definition) is 0. The van der Waals surface area contributed by atoms with E-state index in [-0.39, 0.29) is 12.1 Å². The molecule has 0 heterocycles. The van der Waals surface area contributed by atoms with Crippen molar-refractivity contribution < 1.29 is 14.3 Å². The van der Waals surface area contributed by atoms with E-state index < -0.39 is 5.41 Å². The van der Waals surface area contributed by atoms with Crippen molar-refractivity contribution in [1.29, 1.82) is 0 Å². The molecule has 0 aromatic heterocycles. The lowest BCUT2D eigenvalue weighted by Crippen LogP contribution is -2.30. The lowest BCUT2D eigenvalue weighted by Gasteiger charge is -2.32. The normalized spacial score (nSPS) is 20.9. The zero-order valence-corrected chi connectivity index (χ0v) is 13.7. The summed E-state index contributed by atoms with van der Waals surface area (Å²) in [6.45, 7) is 6.23. The van der Waals surface area contributed by atoms with E-state index in [9.17, 15) is 4.79 Å². The molecule has 0 amide bonds. The Labute approximate surface area is 127 Å². The first-order valence-electron chi connectivity index (χ1n) is 7.69. The Morgan fingerprint density at radius 2 is 2.14 bits per heavy atom. The molecule has 0 saturated carbocycles. The van der Waals surface area contributed by atoms with Gasteiger partial charge in [-0.3, -0.25) is 4.79 Å². The third-order valence-corrected chi connectivity index (χ3v) is 4.99. The molecule has 3 nitrogen and oxygen atoms in total. The highest BCUT2D eigenvalue weighted by atomic mass is 16.5. The molecule has 0 aliphatic heterocycles. The monoisotopic (exact) mass is 290 g/mol. The first-order valence-corrected chi connectivity index (χ1v) is 7.69. The number of hydrogen-bond acceptors (Lipinski definition) is 3. The van der Waals surface area contributed by atoms with Gasteiger partial charge in [0, 0.05) is 13.5 Å². The van der Waals surface area contributed by atoms with Gasteiger partial charge in [0.25, 0.3) is 0 Å². The lowest BCUT2D eigenvalue weighted by molar-refractivity contribution is -0.152. The SMILES string of the molecule is CCC(C)(CC(C)c1ccc2c(c1)CC2OC)C(=O)OC. The Hall–Kier alpha value is -1.35. The molecule has 0 N–H and O–H groups in total. The molecule has 0 fully saturated rings. The fourth-order valence-electron chi connectivity index (χ4n) is 3.22. The van der Waals surface area contributed by atoms with E-state index in [0.717, 1.165) is 19.3 Å². The third-order valence-electron chi connectivity index (χ3n) is 4.99. The van der Waals surface area contributed by atoms with Crippen LogP contribution in [0.15, 0.2) is 18.2 Å². The summed E-state index contributed by atoms with van der Waals surface area (Å²) >= 11 is 0. The topological polar surface area (TPSA) is 35.5 Å². The van der Waals surface area contributed by atoms with Gasteiger partial charge < -0.3 is 9.47 Å². The minimum Gasteiger partial charge on any atom is -0.469 e. The van der Waals surface area contributed by atoms with Gasteiger partial charge in [0.2, 0.25) is 0 Å². The second-order valence-corrected chi connectivity index (χ2v) is 6.40. The fourth-order valence-corrected chi connectivity index (χ4v) is 3.22. The molecule has 0 saturated heterocycles. The number of benzene rings is 1. The van der Waals surface area contributed by atoms with Gasteiger partial charge in [0.05, 0.1) is 18.6 Å². The van der Waals surface area contributed by atoms with Crippen molar-refractivity contribution in [1.82, 2.24) is 0 Å². The minimum absolute atomic E-state index is 0.111. The second kappa shape index (κ2) is 6.18. The van der Waals surface area contributed by atoms with Crippen LogP contribution in [0.4, 0.5) is 0 Å². The standard InChI is InChI=1S/C18H26O3/c1-6-18(3,17(19)21-5)11-12(2)13-7-8-15-14(9-13)10-16(15)20-4/h7-9,12,16H,6,10-11H2,1-5H3. The van der Waals surface area contributed by atoms with E-state index in [1.54, 1.807) is 7.11 Å². The van der Waals surface area contributed by atoms with Gasteiger partial charge in [-0.25, -0.2) is 0 Å². The maximum atomic E-state index is 12.0. The molecule has 3 heteroatoms. The van der Waals surface area contributed by atoms with Crippen LogP contribution in [0.2, 0.25) is 0 Å². The van der Waals surface area contributed by atoms with Crippen LogP contribution in [0.1, 0.15) is 62.3 Å². The Morgan fingerprint density at radius 3 is 2.67 bits per heavy atom. The summed E-state index contributed by atoms with van der Waals surface area (Å²) in [6.07, 6.45) is 2.86. The number of carbonyl (C=O) groups excluding carboxylic acids is 1. The van der Waals surface area contributed by atoms with Crippen molar-refractivity contribution in [2.45, 2.75) is 52.1 Å². The van der Waals surface area contributed by atoms with Crippen molar-refractivity contribution in [3.8, 4) is 0 Å². The van der Waals surface area contributed by atoms with Crippen LogP contribution in [-0.4, -0.2) is 20.2 Å². The van der Waals surface area contributed by atoms with Crippen molar-refractivity contribution in [2.75, 3.05) is 14.2 Å². The van der Waals surface area contributed by atoms with Gasteiger partial charge in [0.15, 0.2) is 0 Å². The zero-order chi connectivity index (χ0) is 15.6. The minimum atomic E-state index is -0.411. The maximum absolute atomic E-state index is 12.0. The Kier molecular flexibility index (Phi) is 4.72. The third kappa shape index (κ3) is 2.98. The zero-order valence-electron chi connectivity index (χ0n) is 13.7. The molecule has 3 atom stereocenters. The number of carbonyl (C=O) groups is 1. The highest BCUT2D eigenvalue weighted by Crippen LogP contribution is 2.40. The van der Waals surface area contributed by atoms with Gasteiger partial charge in [-0.15, -0.1) is 0 Å². The molecule has 0 spiro atoms. The van der Waals surface area contributed by atoms with Crippen LogP contribution in [0.5, 0.6) is 0 Å². The molecular weight excluding hydrogens is 264 g/mol. The van der Waals surface area contributed by atoms with Gasteiger partial charge in [0.1, 0.15) is 0 Å². The van der Waals surface area contributed by atoms with Crippen LogP contribution >= 0.6 is 0 Å². The maximum Gasteiger partial charge on any atom is 0.311 e. The smallest absolute Gasteiger partial charge is 0.311 e. The van der Waals surface area contributed by atoms with Crippen LogP contribution in [0.25, 0.3) is 0 Å². The fraction of sp³-hybridized carbons (Fsp3) is 0.611. The highest BCUT2D eigenvalue weighted by Gasteiger charge is 2.35. The molecule has 1 aliphatic carbocycles. The Balaban J connectivity index is 2.12. The number of fused-ring (bicyclic) bond motifs is 1. The molecule has 1 aromatic carbocycles. The van der Waals surface area contributed by atoms with E-state index in [1.165, 1.54) is 23.8 Å². The molecule has 1 aromatic rings. The molecule has 1 aliphatic rings. The van der Waals surface area contributed by atoms with E-state index in [1.807, 2.05) is 13.8 Å². The molecule has 0 bridgehead atoms. The molecular formula is C18H26O3. The number of esters is 1. The van der Waals surface area contributed by atoms with Crippen molar-refractivity contribution in [3.63, 3.8) is 0 Å². The Morgan fingerprint density at radius 1 is 1.43 bits per heavy atom. The number of methoxy groups -OCH3 is 2. The van der Waals surface area contributed by atoms with Gasteiger partial charge in [-0.05, 0) is 42.4 Å². The quantitative estimate of drug-likeness (QED) is 0.742. The highest BCUT2D eigenvalue weighted by molar-refractivity contribution is 5.76. The van der Waals surface area contributed by atoms with Gasteiger partial charge >= 0.3 is 5.97 Å². The van der Waals surface area contributed by atoms with Crippen LogP contribution in [0.3, 0.4) is 0 Å². The largest absolute Gasteiger partial charge is 0.469 e. The summed E-state index contributed by atoms with van der Waals surface area (Å²) in [7, 11) is 3.23. The predicted molar refractivity (Wildman–Crippen MR) is 83.3 cm³/mol. The first-order chi connectivity index (χ1) is 9.95. The van der Waals surface area contributed by atoms with Crippen molar-refractivity contribution in [3.05, 3.63) is 34.9 Å². The van der Waals surface area contributed by atoms with E-state index in [2.05, 4.69) is 25.1 Å². The molecule has 2 rings (SSSR count). The second-order valence-electron chi connectivity index (χ2n) is 6.40. The number of rotatable bonds is 6. The van der Waals surface area contributed by atoms with Gasteiger partial charge in [-0.1, -0.05) is 32.0 Å². The van der Waals surface area contributed by atoms with Gasteiger partial charge in [-0.2, -0.15) is 0 Å². The molecule has 3 unspecified atom stereocenters. The summed E-state index contributed by atoms with van der Waals surface area (Å²) in [4.78, 5) is 12.0. The van der Waals surface area contributed by atoms with Crippen LogP contribution in [-0.2, 0) is 20.7 Å². The summed E-state index contributed by atoms with van der Waals surface area (Å²) < 4.78 is 10.4. The summed E-state index contributed by atoms with van der Waals surface area (Å²) in [6, 6.07) is 6.60. The van der Waals surface area contributed by atoms with Crippen LogP contribution in [0, 0.1) is 5.41 Å². The summed E-state index contributed by atoms with van der Waals surface area (Å²) in [5, 5.41) is 0. The van der Waals surface area contributed by atoms with Crippen molar-refractivity contribution in [2.24, 2.45) is 5.41 Å². The summed E-state index contributed by atoms with van der Waals surface area (Å²) in [5.41, 5.74) is 3.57. The average Bonchev–Trinajstić information content (AvgIpc) is 2.47. The number of ether oxygens (including phenoxy) is 2. The predicted octanol–water partition coefficient (Wildman–Crippen LogP) is 4.01. The Bertz CT molecular complexity index is 523. The first kappa shape index (κ1) is 16.0. The van der Waals surface area contributed by atoms with Crippen molar-refractivity contribution >= 4 is 5.97 Å². The molecule has 21 heavy (non-hydrogen) atoms. The molecule has 116 valence electrons. The average molecular weight is 290 g/mol. The van der Waals surface area contributed by atoms with E-state index >= 15 is 0 Å². The van der Waals surface area contributed by atoms with E-state index in [4.69, 9.17) is 9.47 Å². The van der Waals surface area contributed by atoms with E-state index in [0.29, 0.717) is 5.92 Å². The summed E-state index contributed by atoms with van der Waals surface area (Å²) in [5.74, 6) is 0.223. The lowest BCUT2D eigenvalue weighted by atomic mass is 9.75. The molecule has 0 radical (unpaired) electrons.